The highest BCUT2D eigenvalue weighted by atomic mass is 16.4. The Labute approximate surface area is 197 Å². The Morgan fingerprint density at radius 3 is 1.85 bits per heavy atom. The minimum Gasteiger partial charge on any atom is -0.481 e. The third-order valence-corrected chi connectivity index (χ3v) is 4.85. The zero-order chi connectivity index (χ0) is 26.4. The van der Waals surface area contributed by atoms with E-state index in [1.54, 1.807) is 13.8 Å². The number of nitrogens with two attached hydrogens (primary N) is 3. The highest BCUT2D eigenvalue weighted by Gasteiger charge is 2.32. The molecule has 0 radical (unpaired) electrons. The third-order valence-electron chi connectivity index (χ3n) is 4.85. The fourth-order valence-electron chi connectivity index (χ4n) is 2.91. The lowest BCUT2D eigenvalue weighted by molar-refractivity contribution is -0.143. The number of carbonyl (C=O) groups is 6. The van der Waals surface area contributed by atoms with E-state index in [2.05, 4.69) is 16.0 Å². The van der Waals surface area contributed by atoms with Gasteiger partial charge in [0.2, 0.25) is 23.6 Å². The van der Waals surface area contributed by atoms with Gasteiger partial charge in [0.15, 0.2) is 0 Å². The van der Waals surface area contributed by atoms with Crippen LogP contribution in [0.25, 0.3) is 0 Å². The van der Waals surface area contributed by atoms with Crippen molar-refractivity contribution in [2.24, 2.45) is 23.1 Å². The van der Waals surface area contributed by atoms with Gasteiger partial charge in [-0.15, -0.1) is 0 Å². The van der Waals surface area contributed by atoms with Gasteiger partial charge in [0.25, 0.3) is 0 Å². The second kappa shape index (κ2) is 15.6. The van der Waals surface area contributed by atoms with Gasteiger partial charge in [0.05, 0.1) is 12.5 Å². The monoisotopic (exact) mass is 488 g/mol. The van der Waals surface area contributed by atoms with E-state index in [1.165, 1.54) is 0 Å². The van der Waals surface area contributed by atoms with Crippen molar-refractivity contribution in [1.82, 2.24) is 16.0 Å². The molecule has 4 unspecified atom stereocenters. The smallest absolute Gasteiger partial charge is 0.326 e. The predicted molar refractivity (Wildman–Crippen MR) is 120 cm³/mol. The molecular weight excluding hydrogens is 452 g/mol. The van der Waals surface area contributed by atoms with E-state index in [9.17, 15) is 33.9 Å². The van der Waals surface area contributed by atoms with Crippen molar-refractivity contribution < 1.29 is 39.0 Å². The van der Waals surface area contributed by atoms with Crippen LogP contribution in [-0.2, 0) is 28.8 Å². The molecule has 4 atom stereocenters. The van der Waals surface area contributed by atoms with E-state index in [0.29, 0.717) is 19.4 Å². The van der Waals surface area contributed by atoms with Crippen molar-refractivity contribution in [2.75, 3.05) is 6.54 Å². The van der Waals surface area contributed by atoms with Gasteiger partial charge >= 0.3 is 11.9 Å². The van der Waals surface area contributed by atoms with Crippen LogP contribution in [0.15, 0.2) is 0 Å². The normalized spacial score (nSPS) is 14.4. The van der Waals surface area contributed by atoms with Crippen molar-refractivity contribution in [3.63, 3.8) is 0 Å². The maximum absolute atomic E-state index is 12.8. The first-order valence-corrected chi connectivity index (χ1v) is 10.9. The number of hydrogen-bond acceptors (Lipinski definition) is 8. The lowest BCUT2D eigenvalue weighted by Gasteiger charge is -2.25. The molecule has 0 rings (SSSR count). The molecule has 4 amide bonds. The largest absolute Gasteiger partial charge is 0.481 e. The minimum atomic E-state index is -1.55. The summed E-state index contributed by atoms with van der Waals surface area (Å²) < 4.78 is 0. The van der Waals surface area contributed by atoms with Crippen LogP contribution in [0.2, 0.25) is 0 Å². The average molecular weight is 489 g/mol. The van der Waals surface area contributed by atoms with Gasteiger partial charge < -0.3 is 43.4 Å². The predicted octanol–water partition coefficient (Wildman–Crippen LogP) is -2.62. The Hall–Kier alpha value is -3.26. The molecule has 194 valence electrons. The van der Waals surface area contributed by atoms with E-state index >= 15 is 0 Å². The molecule has 0 aromatic carbocycles. The third kappa shape index (κ3) is 12.1. The SMILES string of the molecule is CC(C)C(NC(=O)C(CC(N)=O)NC(=O)C(CCC(=O)O)NC(=O)C(N)CCCCN)C(=O)O. The molecular formula is C20H36N6O8. The minimum absolute atomic E-state index is 0.286. The molecule has 0 saturated heterocycles. The Balaban J connectivity index is 5.50. The molecule has 0 aromatic heterocycles. The summed E-state index contributed by atoms with van der Waals surface area (Å²) >= 11 is 0. The number of primary amides is 1. The molecule has 0 aromatic rings. The molecule has 11 N–H and O–H groups in total. The van der Waals surface area contributed by atoms with Crippen molar-refractivity contribution in [3.05, 3.63) is 0 Å². The van der Waals surface area contributed by atoms with Crippen LogP contribution in [0.5, 0.6) is 0 Å². The van der Waals surface area contributed by atoms with E-state index < -0.39 is 78.5 Å². The molecule has 0 saturated carbocycles. The molecule has 0 bridgehead atoms. The number of carboxylic acids is 2. The Bertz CT molecular complexity index is 745. The topological polar surface area (TPSA) is 257 Å². The van der Waals surface area contributed by atoms with Gasteiger partial charge in [-0.2, -0.15) is 0 Å². The van der Waals surface area contributed by atoms with Gasteiger partial charge in [-0.25, -0.2) is 4.79 Å². The van der Waals surface area contributed by atoms with E-state index in [4.69, 9.17) is 22.3 Å². The summed E-state index contributed by atoms with van der Waals surface area (Å²) in [6, 6.07) is -5.20. The molecule has 0 spiro atoms. The van der Waals surface area contributed by atoms with Gasteiger partial charge in [0, 0.05) is 6.42 Å². The highest BCUT2D eigenvalue weighted by Crippen LogP contribution is 2.06. The van der Waals surface area contributed by atoms with Gasteiger partial charge in [-0.3, -0.25) is 24.0 Å². The van der Waals surface area contributed by atoms with Crippen LogP contribution in [0, 0.1) is 5.92 Å². The molecule has 0 aliphatic rings. The van der Waals surface area contributed by atoms with Crippen LogP contribution in [0.1, 0.15) is 52.4 Å². The number of carbonyl (C=O) groups excluding carboxylic acids is 4. The maximum atomic E-state index is 12.8. The van der Waals surface area contributed by atoms with Gasteiger partial charge in [0.1, 0.15) is 18.1 Å². The van der Waals surface area contributed by atoms with Crippen LogP contribution in [-0.4, -0.2) is 76.5 Å². The van der Waals surface area contributed by atoms with E-state index in [0.717, 1.165) is 0 Å². The number of aliphatic carboxylic acids is 2. The molecule has 0 aliphatic heterocycles. The second-order valence-electron chi connectivity index (χ2n) is 8.18. The first-order valence-electron chi connectivity index (χ1n) is 10.9. The second-order valence-corrected chi connectivity index (χ2v) is 8.18. The number of hydrogen-bond donors (Lipinski definition) is 8. The number of amides is 4. The summed E-state index contributed by atoms with van der Waals surface area (Å²) in [6.07, 6.45) is 0.0357. The van der Waals surface area contributed by atoms with E-state index in [1.807, 2.05) is 0 Å². The molecule has 0 fully saturated rings. The Kier molecular flexibility index (Phi) is 14.1. The van der Waals surface area contributed by atoms with Crippen LogP contribution in [0.4, 0.5) is 0 Å². The zero-order valence-corrected chi connectivity index (χ0v) is 19.4. The Morgan fingerprint density at radius 1 is 0.824 bits per heavy atom. The summed E-state index contributed by atoms with van der Waals surface area (Å²) in [4.78, 5) is 71.5. The standard InChI is InChI=1S/C20H36N6O8/c1-10(2)16(20(33)34)26-19(32)13(9-14(23)27)25-18(31)12(6-7-15(28)29)24-17(30)11(22)5-3-4-8-21/h10-13,16H,3-9,21-22H2,1-2H3,(H2,23,27)(H,24,30)(H,25,31)(H,26,32)(H,28,29)(H,33,34). The summed E-state index contributed by atoms with van der Waals surface area (Å²) in [5, 5.41) is 25.1. The first-order chi connectivity index (χ1) is 15.8. The lowest BCUT2D eigenvalue weighted by atomic mass is 10.0. The van der Waals surface area contributed by atoms with E-state index in [-0.39, 0.29) is 12.8 Å². The molecule has 14 heteroatoms. The number of carboxylic acid groups (broad SMARTS) is 2. The van der Waals surface area contributed by atoms with Crippen LogP contribution in [0.3, 0.4) is 0 Å². The van der Waals surface area contributed by atoms with Crippen LogP contribution >= 0.6 is 0 Å². The molecule has 14 nitrogen and oxygen atoms in total. The quantitative estimate of drug-likeness (QED) is 0.0988. The van der Waals surface area contributed by atoms with Crippen molar-refractivity contribution in [2.45, 2.75) is 76.5 Å². The van der Waals surface area contributed by atoms with Gasteiger partial charge in [-0.1, -0.05) is 20.3 Å². The molecule has 0 heterocycles. The van der Waals surface area contributed by atoms with Crippen molar-refractivity contribution in [3.8, 4) is 0 Å². The summed E-state index contributed by atoms with van der Waals surface area (Å²) in [5.74, 6) is -6.64. The number of rotatable bonds is 17. The summed E-state index contributed by atoms with van der Waals surface area (Å²) in [5.41, 5.74) is 16.4. The number of unbranched alkanes of at least 4 members (excludes halogenated alkanes) is 1. The summed E-state index contributed by atoms with van der Waals surface area (Å²) in [6.45, 7) is 3.52. The Morgan fingerprint density at radius 2 is 1.38 bits per heavy atom. The van der Waals surface area contributed by atoms with Crippen molar-refractivity contribution in [1.29, 1.82) is 0 Å². The lowest BCUT2D eigenvalue weighted by Crippen LogP contribution is -2.58. The van der Waals surface area contributed by atoms with Gasteiger partial charge in [-0.05, 0) is 31.7 Å². The fraction of sp³-hybridized carbons (Fsp3) is 0.700. The fourth-order valence-corrected chi connectivity index (χ4v) is 2.91. The summed E-state index contributed by atoms with van der Waals surface area (Å²) in [7, 11) is 0. The zero-order valence-electron chi connectivity index (χ0n) is 19.4. The first kappa shape index (κ1) is 30.7. The molecule has 34 heavy (non-hydrogen) atoms. The van der Waals surface area contributed by atoms with Crippen molar-refractivity contribution >= 4 is 35.6 Å². The maximum Gasteiger partial charge on any atom is 0.326 e. The average Bonchev–Trinajstić information content (AvgIpc) is 2.72. The molecule has 0 aliphatic carbocycles. The number of nitrogens with one attached hydrogen (secondary N) is 3. The highest BCUT2D eigenvalue weighted by molar-refractivity contribution is 5.96. The van der Waals surface area contributed by atoms with Crippen LogP contribution < -0.4 is 33.2 Å².